The van der Waals surface area contributed by atoms with Crippen molar-refractivity contribution in [3.63, 3.8) is 0 Å². The van der Waals surface area contributed by atoms with Crippen molar-refractivity contribution >= 4 is 11.7 Å². The van der Waals surface area contributed by atoms with E-state index in [1.165, 1.54) is 19.3 Å². The summed E-state index contributed by atoms with van der Waals surface area (Å²) >= 11 is 0. The average molecular weight is 293 g/mol. The van der Waals surface area contributed by atoms with Gasteiger partial charge in [-0.15, -0.1) is 0 Å². The molecule has 0 spiro atoms. The summed E-state index contributed by atoms with van der Waals surface area (Å²) in [6.45, 7) is 6.46. The topological polar surface area (TPSA) is 87.7 Å². The highest BCUT2D eigenvalue weighted by molar-refractivity contribution is 5.91. The fourth-order valence-corrected chi connectivity index (χ4v) is 6.21. The van der Waals surface area contributed by atoms with Gasteiger partial charge in [-0.05, 0) is 62.2 Å². The minimum atomic E-state index is -0.420. The second kappa shape index (κ2) is 4.37. The zero-order valence-electron chi connectivity index (χ0n) is 13.3. The lowest BCUT2D eigenvalue weighted by atomic mass is 9.40. The molecule has 4 rings (SSSR count). The van der Waals surface area contributed by atoms with E-state index in [0.717, 1.165) is 19.3 Å². The molecule has 0 aliphatic heterocycles. The Balaban J connectivity index is 1.83. The maximum absolute atomic E-state index is 12.9. The van der Waals surface area contributed by atoms with Crippen LogP contribution in [0.5, 0.6) is 0 Å². The number of oxime groups is 1. The number of amidine groups is 1. The summed E-state index contributed by atoms with van der Waals surface area (Å²) in [5.74, 6) is 0.842. The number of nitrogens with two attached hydrogens (primary N) is 1. The predicted octanol–water partition coefficient (Wildman–Crippen LogP) is 2.23. The summed E-state index contributed by atoms with van der Waals surface area (Å²) in [6, 6.07) is -0.420. The molecule has 118 valence electrons. The lowest BCUT2D eigenvalue weighted by Gasteiger charge is -2.64. The molecule has 4 bridgehead atoms. The number of hydrogen-bond acceptors (Lipinski definition) is 3. The zero-order valence-corrected chi connectivity index (χ0v) is 13.3. The molecule has 3 unspecified atom stereocenters. The van der Waals surface area contributed by atoms with Crippen LogP contribution in [0.15, 0.2) is 5.16 Å². The lowest BCUT2D eigenvalue weighted by molar-refractivity contribution is -0.170. The Morgan fingerprint density at radius 1 is 1.24 bits per heavy atom. The van der Waals surface area contributed by atoms with E-state index < -0.39 is 6.04 Å². The second-order valence-corrected chi connectivity index (χ2v) is 8.63. The minimum Gasteiger partial charge on any atom is -0.409 e. The fraction of sp³-hybridized carbons (Fsp3) is 0.875. The summed E-state index contributed by atoms with van der Waals surface area (Å²) in [5, 5.41) is 14.7. The predicted molar refractivity (Wildman–Crippen MR) is 80.9 cm³/mol. The monoisotopic (exact) mass is 293 g/mol. The van der Waals surface area contributed by atoms with Crippen LogP contribution in [0.2, 0.25) is 0 Å². The van der Waals surface area contributed by atoms with Crippen LogP contribution in [0.3, 0.4) is 0 Å². The second-order valence-electron chi connectivity index (χ2n) is 8.63. The van der Waals surface area contributed by atoms with Gasteiger partial charge in [0.2, 0.25) is 5.91 Å². The first-order valence-corrected chi connectivity index (χ1v) is 7.98. The maximum Gasteiger partial charge on any atom is 0.226 e. The van der Waals surface area contributed by atoms with Crippen molar-refractivity contribution < 1.29 is 10.0 Å². The SMILES string of the molecule is CC(NC(=O)C12CC3CC(C)(CC(C)(C3)C1)C2)C(N)=NO. The van der Waals surface area contributed by atoms with Crippen molar-refractivity contribution in [2.45, 2.75) is 65.3 Å². The summed E-state index contributed by atoms with van der Waals surface area (Å²) in [7, 11) is 0. The van der Waals surface area contributed by atoms with Crippen LogP contribution in [0.25, 0.3) is 0 Å². The highest BCUT2D eigenvalue weighted by Crippen LogP contribution is 2.69. The molecule has 0 heterocycles. The van der Waals surface area contributed by atoms with Gasteiger partial charge >= 0.3 is 0 Å². The molecule has 4 N–H and O–H groups in total. The van der Waals surface area contributed by atoms with E-state index in [9.17, 15) is 4.79 Å². The van der Waals surface area contributed by atoms with Gasteiger partial charge in [0.05, 0.1) is 11.5 Å². The Kier molecular flexibility index (Phi) is 3.05. The number of carbonyl (C=O) groups excluding carboxylic acids is 1. The molecule has 4 aliphatic rings. The van der Waals surface area contributed by atoms with Gasteiger partial charge in [0.25, 0.3) is 0 Å². The number of nitrogens with zero attached hydrogens (tertiary/aromatic N) is 1. The van der Waals surface area contributed by atoms with E-state index in [-0.39, 0.29) is 17.2 Å². The summed E-state index contributed by atoms with van der Waals surface area (Å²) in [6.07, 6.45) is 6.77. The molecular formula is C16H27N3O2. The van der Waals surface area contributed by atoms with Crippen LogP contribution in [-0.4, -0.2) is 23.0 Å². The molecule has 4 aliphatic carbocycles. The number of rotatable bonds is 3. The van der Waals surface area contributed by atoms with Crippen molar-refractivity contribution in [1.29, 1.82) is 0 Å². The van der Waals surface area contributed by atoms with Crippen LogP contribution in [0.1, 0.15) is 59.3 Å². The quantitative estimate of drug-likeness (QED) is 0.323. The van der Waals surface area contributed by atoms with E-state index >= 15 is 0 Å². The Hall–Kier alpha value is -1.26. The van der Waals surface area contributed by atoms with Gasteiger partial charge in [-0.2, -0.15) is 0 Å². The number of carbonyl (C=O) groups is 1. The number of amides is 1. The molecular weight excluding hydrogens is 266 g/mol. The molecule has 0 aromatic heterocycles. The molecule has 1 amide bonds. The minimum absolute atomic E-state index is 0.0606. The molecule has 0 aromatic rings. The van der Waals surface area contributed by atoms with Crippen molar-refractivity contribution in [2.24, 2.45) is 33.1 Å². The van der Waals surface area contributed by atoms with Crippen LogP contribution in [-0.2, 0) is 4.79 Å². The summed E-state index contributed by atoms with van der Waals surface area (Å²) in [4.78, 5) is 12.9. The van der Waals surface area contributed by atoms with Crippen LogP contribution >= 0.6 is 0 Å². The van der Waals surface area contributed by atoms with Gasteiger partial charge < -0.3 is 16.3 Å². The van der Waals surface area contributed by atoms with E-state index in [2.05, 4.69) is 24.3 Å². The first kappa shape index (κ1) is 14.7. The highest BCUT2D eigenvalue weighted by Gasteiger charge is 2.62. The van der Waals surface area contributed by atoms with Crippen LogP contribution < -0.4 is 11.1 Å². The van der Waals surface area contributed by atoms with Gasteiger partial charge in [-0.25, -0.2) is 0 Å². The Morgan fingerprint density at radius 2 is 1.81 bits per heavy atom. The third kappa shape index (κ3) is 2.30. The standard InChI is InChI=1S/C16H27N3O2/c1-10(12(17)19-21)18-13(20)16-6-11-4-14(2,8-16)7-15(3,5-11)9-16/h10-11,21H,4-9H2,1-3H3,(H2,17,19)(H,18,20). The molecule has 21 heavy (non-hydrogen) atoms. The van der Waals surface area contributed by atoms with Crippen molar-refractivity contribution in [3.05, 3.63) is 0 Å². The van der Waals surface area contributed by atoms with Crippen LogP contribution in [0.4, 0.5) is 0 Å². The van der Waals surface area contributed by atoms with E-state index in [0.29, 0.717) is 16.7 Å². The van der Waals surface area contributed by atoms with E-state index in [1.54, 1.807) is 6.92 Å². The Morgan fingerprint density at radius 3 is 2.29 bits per heavy atom. The third-order valence-electron chi connectivity index (χ3n) is 6.01. The van der Waals surface area contributed by atoms with Gasteiger partial charge in [0, 0.05) is 0 Å². The Labute approximate surface area is 126 Å². The molecule has 5 heteroatoms. The van der Waals surface area contributed by atoms with Gasteiger partial charge in [0.1, 0.15) is 0 Å². The highest BCUT2D eigenvalue weighted by atomic mass is 16.4. The molecule has 0 aromatic carbocycles. The fourth-order valence-electron chi connectivity index (χ4n) is 6.21. The molecule has 3 atom stereocenters. The largest absolute Gasteiger partial charge is 0.409 e. The molecule has 0 saturated heterocycles. The number of nitrogens with one attached hydrogen (secondary N) is 1. The first-order valence-electron chi connectivity index (χ1n) is 7.98. The van der Waals surface area contributed by atoms with E-state index in [1.807, 2.05) is 0 Å². The zero-order chi connectivity index (χ0) is 15.5. The van der Waals surface area contributed by atoms with Crippen molar-refractivity contribution in [2.75, 3.05) is 0 Å². The molecule has 4 fully saturated rings. The number of hydrogen-bond donors (Lipinski definition) is 3. The van der Waals surface area contributed by atoms with Crippen LogP contribution in [0, 0.1) is 22.2 Å². The van der Waals surface area contributed by atoms with Gasteiger partial charge in [-0.3, -0.25) is 4.79 Å². The molecule has 0 radical (unpaired) electrons. The van der Waals surface area contributed by atoms with E-state index in [4.69, 9.17) is 10.9 Å². The summed E-state index contributed by atoms with van der Waals surface area (Å²) in [5.41, 5.74) is 5.97. The van der Waals surface area contributed by atoms with Gasteiger partial charge in [-0.1, -0.05) is 19.0 Å². The normalized spacial score (nSPS) is 46.4. The van der Waals surface area contributed by atoms with Crippen molar-refractivity contribution in [3.8, 4) is 0 Å². The Bertz CT molecular complexity index is 484. The summed E-state index contributed by atoms with van der Waals surface area (Å²) < 4.78 is 0. The van der Waals surface area contributed by atoms with Gasteiger partial charge in [0.15, 0.2) is 5.84 Å². The first-order chi connectivity index (χ1) is 9.69. The average Bonchev–Trinajstić information content (AvgIpc) is 2.33. The third-order valence-corrected chi connectivity index (χ3v) is 6.01. The lowest BCUT2D eigenvalue weighted by Crippen LogP contribution is -2.61. The van der Waals surface area contributed by atoms with Crippen molar-refractivity contribution in [1.82, 2.24) is 5.32 Å². The smallest absolute Gasteiger partial charge is 0.226 e. The molecule has 5 nitrogen and oxygen atoms in total. The molecule has 4 saturated carbocycles. The maximum atomic E-state index is 12.9.